The molecular weight excluding hydrogens is 356 g/mol. The molecule has 0 aromatic heterocycles. The van der Waals surface area contributed by atoms with Gasteiger partial charge in [-0.1, -0.05) is 23.7 Å². The molecule has 0 bridgehead atoms. The van der Waals surface area contributed by atoms with Crippen LogP contribution in [0.4, 0.5) is 0 Å². The van der Waals surface area contributed by atoms with E-state index in [-0.39, 0.29) is 11.4 Å². The molecule has 1 amide bonds. The number of aliphatic hydroxyl groups excluding tert-OH is 1. The fraction of sp³-hybridized carbons (Fsp3) is 0.474. The van der Waals surface area contributed by atoms with Crippen molar-refractivity contribution < 1.29 is 24.3 Å². The van der Waals surface area contributed by atoms with E-state index in [1.165, 1.54) is 11.8 Å². The van der Waals surface area contributed by atoms with Crippen molar-refractivity contribution in [2.24, 2.45) is 0 Å². The summed E-state index contributed by atoms with van der Waals surface area (Å²) >= 11 is 5.96. The molecule has 1 aromatic carbocycles. The van der Waals surface area contributed by atoms with Gasteiger partial charge in [0.2, 0.25) is 0 Å². The number of benzene rings is 1. The lowest BCUT2D eigenvalue weighted by Crippen LogP contribution is -3.14. The normalized spacial score (nSPS) is 21.5. The Hall–Kier alpha value is -1.89. The van der Waals surface area contributed by atoms with E-state index >= 15 is 0 Å². The SMILES string of the molecule is CC(=O)C1=C(O)C(=O)N(CCC[NH+]2CCOCC2)[C@@H]1c1ccc(Cl)cc1. The third-order valence-corrected chi connectivity index (χ3v) is 5.25. The van der Waals surface area contributed by atoms with Crippen molar-refractivity contribution in [2.75, 3.05) is 39.4 Å². The van der Waals surface area contributed by atoms with Crippen molar-refractivity contribution in [3.63, 3.8) is 0 Å². The van der Waals surface area contributed by atoms with Crippen LogP contribution in [0.15, 0.2) is 35.6 Å². The van der Waals surface area contributed by atoms with Gasteiger partial charge in [-0.15, -0.1) is 0 Å². The summed E-state index contributed by atoms with van der Waals surface area (Å²) in [7, 11) is 0. The van der Waals surface area contributed by atoms with Gasteiger partial charge in [-0.25, -0.2) is 0 Å². The van der Waals surface area contributed by atoms with Crippen molar-refractivity contribution in [3.05, 3.63) is 46.2 Å². The first-order chi connectivity index (χ1) is 12.5. The van der Waals surface area contributed by atoms with E-state index in [1.807, 2.05) is 0 Å². The van der Waals surface area contributed by atoms with Gasteiger partial charge in [-0.2, -0.15) is 0 Å². The predicted octanol–water partition coefficient (Wildman–Crippen LogP) is 0.930. The van der Waals surface area contributed by atoms with Gasteiger partial charge >= 0.3 is 0 Å². The maximum atomic E-state index is 12.6. The number of nitrogens with zero attached hydrogens (tertiary/aromatic N) is 1. The quantitative estimate of drug-likeness (QED) is 0.771. The highest BCUT2D eigenvalue weighted by Crippen LogP contribution is 2.37. The topological polar surface area (TPSA) is 71.3 Å². The van der Waals surface area contributed by atoms with E-state index < -0.39 is 17.7 Å². The number of carbonyl (C=O) groups is 2. The summed E-state index contributed by atoms with van der Waals surface area (Å²) < 4.78 is 5.36. The molecular formula is C19H24ClN2O4+. The molecule has 1 saturated heterocycles. The maximum absolute atomic E-state index is 12.6. The van der Waals surface area contributed by atoms with E-state index in [4.69, 9.17) is 16.3 Å². The first kappa shape index (κ1) is 18.9. The van der Waals surface area contributed by atoms with Gasteiger partial charge < -0.3 is 19.6 Å². The lowest BCUT2D eigenvalue weighted by atomic mass is 9.97. The molecule has 2 aliphatic rings. The highest BCUT2D eigenvalue weighted by Gasteiger charge is 2.42. The number of ketones is 1. The number of hydrogen-bond donors (Lipinski definition) is 2. The standard InChI is InChI=1S/C19H23ClN2O4/c1-13(23)16-17(14-3-5-15(20)6-4-14)22(19(25)18(16)24)8-2-7-21-9-11-26-12-10-21/h3-6,17,24H,2,7-12H2,1H3/p+1/t17-/m1/s1. The fourth-order valence-electron chi connectivity index (χ4n) is 3.64. The van der Waals surface area contributed by atoms with Gasteiger partial charge in [0.1, 0.15) is 13.1 Å². The molecule has 3 rings (SSSR count). The molecule has 0 saturated carbocycles. The van der Waals surface area contributed by atoms with Gasteiger partial charge in [0, 0.05) is 18.0 Å². The minimum atomic E-state index is -0.558. The molecule has 0 spiro atoms. The summed E-state index contributed by atoms with van der Waals surface area (Å²) in [5, 5.41) is 10.8. The Kier molecular flexibility index (Phi) is 5.96. The molecule has 0 aliphatic carbocycles. The summed E-state index contributed by atoms with van der Waals surface area (Å²) in [6.07, 6.45) is 0.795. The van der Waals surface area contributed by atoms with Gasteiger partial charge in [-0.05, 0) is 24.6 Å². The second-order valence-electron chi connectivity index (χ2n) is 6.74. The van der Waals surface area contributed by atoms with E-state index in [1.54, 1.807) is 29.2 Å². The second kappa shape index (κ2) is 8.20. The Morgan fingerprint density at radius 3 is 2.58 bits per heavy atom. The molecule has 1 fully saturated rings. The number of quaternary nitrogens is 1. The summed E-state index contributed by atoms with van der Waals surface area (Å²) in [6, 6.07) is 6.48. The van der Waals surface area contributed by atoms with Gasteiger partial charge in [0.05, 0.1) is 31.4 Å². The number of Topliss-reactive ketones (excluding diaryl/α,β-unsaturated/α-hetero) is 1. The number of aliphatic hydroxyl groups is 1. The molecule has 2 heterocycles. The molecule has 140 valence electrons. The van der Waals surface area contributed by atoms with Crippen LogP contribution in [-0.2, 0) is 14.3 Å². The van der Waals surface area contributed by atoms with Crippen LogP contribution in [-0.4, -0.2) is 61.1 Å². The van der Waals surface area contributed by atoms with E-state index in [9.17, 15) is 14.7 Å². The third kappa shape index (κ3) is 3.92. The largest absolute Gasteiger partial charge is 0.503 e. The highest BCUT2D eigenvalue weighted by atomic mass is 35.5. The minimum Gasteiger partial charge on any atom is -0.503 e. The Morgan fingerprint density at radius 2 is 1.96 bits per heavy atom. The smallest absolute Gasteiger partial charge is 0.290 e. The summed E-state index contributed by atoms with van der Waals surface area (Å²) in [6.45, 7) is 6.26. The van der Waals surface area contributed by atoms with Gasteiger partial charge in [0.25, 0.3) is 5.91 Å². The zero-order valence-corrected chi connectivity index (χ0v) is 15.6. The molecule has 7 heteroatoms. The lowest BCUT2D eigenvalue weighted by Gasteiger charge is -2.28. The maximum Gasteiger partial charge on any atom is 0.290 e. The van der Waals surface area contributed by atoms with Crippen LogP contribution in [0.3, 0.4) is 0 Å². The zero-order valence-electron chi connectivity index (χ0n) is 14.8. The van der Waals surface area contributed by atoms with Crippen LogP contribution in [0.25, 0.3) is 0 Å². The Balaban J connectivity index is 1.76. The Labute approximate surface area is 158 Å². The molecule has 1 aromatic rings. The van der Waals surface area contributed by atoms with Crippen LogP contribution in [0.5, 0.6) is 0 Å². The Morgan fingerprint density at radius 1 is 1.31 bits per heavy atom. The van der Waals surface area contributed by atoms with E-state index in [0.29, 0.717) is 11.6 Å². The predicted molar refractivity (Wildman–Crippen MR) is 97.2 cm³/mol. The van der Waals surface area contributed by atoms with Crippen LogP contribution >= 0.6 is 11.6 Å². The second-order valence-corrected chi connectivity index (χ2v) is 7.17. The van der Waals surface area contributed by atoms with E-state index in [2.05, 4.69) is 0 Å². The molecule has 6 nitrogen and oxygen atoms in total. The van der Waals surface area contributed by atoms with Crippen molar-refractivity contribution in [1.29, 1.82) is 0 Å². The number of amides is 1. The molecule has 2 aliphatic heterocycles. The molecule has 2 N–H and O–H groups in total. The number of rotatable bonds is 6. The number of nitrogens with one attached hydrogen (secondary N) is 1. The number of hydrogen-bond acceptors (Lipinski definition) is 4. The summed E-state index contributed by atoms with van der Waals surface area (Å²) in [5.74, 6) is -1.21. The van der Waals surface area contributed by atoms with Crippen molar-refractivity contribution >= 4 is 23.3 Å². The molecule has 0 radical (unpaired) electrons. The number of halogens is 1. The first-order valence-electron chi connectivity index (χ1n) is 8.91. The summed E-state index contributed by atoms with van der Waals surface area (Å²) in [5.41, 5.74) is 0.937. The molecule has 1 atom stereocenters. The number of ether oxygens (including phenoxy) is 1. The fourth-order valence-corrected chi connectivity index (χ4v) is 3.77. The average molecular weight is 380 g/mol. The third-order valence-electron chi connectivity index (χ3n) is 5.00. The summed E-state index contributed by atoms with van der Waals surface area (Å²) in [4.78, 5) is 27.7. The van der Waals surface area contributed by atoms with Crippen LogP contribution in [0, 0.1) is 0 Å². The monoisotopic (exact) mass is 379 g/mol. The zero-order chi connectivity index (χ0) is 18.7. The Bertz CT molecular complexity index is 711. The number of carbonyl (C=O) groups excluding carboxylic acids is 2. The first-order valence-corrected chi connectivity index (χ1v) is 9.28. The van der Waals surface area contributed by atoms with Crippen molar-refractivity contribution in [3.8, 4) is 0 Å². The molecule has 0 unspecified atom stereocenters. The van der Waals surface area contributed by atoms with Crippen molar-refractivity contribution in [2.45, 2.75) is 19.4 Å². The van der Waals surface area contributed by atoms with Gasteiger partial charge in [-0.3, -0.25) is 9.59 Å². The lowest BCUT2D eigenvalue weighted by molar-refractivity contribution is -0.908. The van der Waals surface area contributed by atoms with Gasteiger partial charge in [0.15, 0.2) is 11.5 Å². The van der Waals surface area contributed by atoms with Crippen LogP contribution < -0.4 is 4.90 Å². The highest BCUT2D eigenvalue weighted by molar-refractivity contribution is 6.30. The van der Waals surface area contributed by atoms with Crippen molar-refractivity contribution in [1.82, 2.24) is 4.90 Å². The average Bonchev–Trinajstić information content (AvgIpc) is 2.88. The molecule has 26 heavy (non-hydrogen) atoms. The number of morpholine rings is 1. The minimum absolute atomic E-state index is 0.163. The van der Waals surface area contributed by atoms with Crippen LogP contribution in [0.2, 0.25) is 5.02 Å². The van der Waals surface area contributed by atoms with E-state index in [0.717, 1.165) is 44.8 Å². The van der Waals surface area contributed by atoms with Crippen LogP contribution in [0.1, 0.15) is 24.9 Å².